The van der Waals surface area contributed by atoms with E-state index in [1.54, 1.807) is 0 Å². The molecule has 1 amide bonds. The van der Waals surface area contributed by atoms with E-state index in [1.165, 1.54) is 0 Å². The lowest BCUT2D eigenvalue weighted by Gasteiger charge is -2.15. The highest BCUT2D eigenvalue weighted by molar-refractivity contribution is 6.30. The standard InChI is InChI=1S/C12H17ClN2O/c1-3-14-12(16)9-15(2)8-10-4-6-11(13)7-5-10/h4-7H,3,8-9H2,1-2H3,(H,14,16). The van der Waals surface area contributed by atoms with Crippen LogP contribution in [0.5, 0.6) is 0 Å². The van der Waals surface area contributed by atoms with E-state index in [-0.39, 0.29) is 5.91 Å². The van der Waals surface area contributed by atoms with Gasteiger partial charge in [-0.2, -0.15) is 0 Å². The van der Waals surface area contributed by atoms with Crippen LogP contribution >= 0.6 is 11.6 Å². The van der Waals surface area contributed by atoms with Gasteiger partial charge in [-0.3, -0.25) is 9.69 Å². The molecule has 0 aliphatic heterocycles. The molecule has 0 fully saturated rings. The molecule has 0 aliphatic rings. The molecule has 16 heavy (non-hydrogen) atoms. The second-order valence-electron chi connectivity index (χ2n) is 3.75. The Morgan fingerprint density at radius 3 is 2.56 bits per heavy atom. The van der Waals surface area contributed by atoms with Crippen LogP contribution in [0, 0.1) is 0 Å². The van der Waals surface area contributed by atoms with Crippen molar-refractivity contribution >= 4 is 17.5 Å². The molecule has 1 rings (SSSR count). The largest absolute Gasteiger partial charge is 0.355 e. The number of nitrogens with one attached hydrogen (secondary N) is 1. The average Bonchev–Trinajstić information content (AvgIpc) is 2.21. The fourth-order valence-electron chi connectivity index (χ4n) is 1.46. The van der Waals surface area contributed by atoms with E-state index in [2.05, 4.69) is 5.32 Å². The second kappa shape index (κ2) is 6.51. The van der Waals surface area contributed by atoms with Gasteiger partial charge >= 0.3 is 0 Å². The Kier molecular flexibility index (Phi) is 5.29. The van der Waals surface area contributed by atoms with Crippen molar-refractivity contribution in [3.8, 4) is 0 Å². The molecule has 3 nitrogen and oxygen atoms in total. The summed E-state index contributed by atoms with van der Waals surface area (Å²) in [7, 11) is 1.92. The fourth-order valence-corrected chi connectivity index (χ4v) is 1.58. The molecule has 0 aromatic heterocycles. The molecule has 0 spiro atoms. The second-order valence-corrected chi connectivity index (χ2v) is 4.19. The number of halogens is 1. The highest BCUT2D eigenvalue weighted by Gasteiger charge is 2.05. The minimum absolute atomic E-state index is 0.0546. The van der Waals surface area contributed by atoms with Crippen LogP contribution in [0.15, 0.2) is 24.3 Å². The summed E-state index contributed by atoms with van der Waals surface area (Å²) in [6.07, 6.45) is 0. The summed E-state index contributed by atoms with van der Waals surface area (Å²) in [4.78, 5) is 13.3. The van der Waals surface area contributed by atoms with Crippen LogP contribution in [0.25, 0.3) is 0 Å². The molecule has 0 unspecified atom stereocenters. The molecule has 0 bridgehead atoms. The first-order chi connectivity index (χ1) is 7.61. The highest BCUT2D eigenvalue weighted by Crippen LogP contribution is 2.10. The average molecular weight is 241 g/mol. The third kappa shape index (κ3) is 4.64. The van der Waals surface area contributed by atoms with Gasteiger partial charge in [0.05, 0.1) is 6.54 Å². The minimum atomic E-state index is 0.0546. The number of rotatable bonds is 5. The predicted octanol–water partition coefficient (Wildman–Crippen LogP) is 1.91. The van der Waals surface area contributed by atoms with Gasteiger partial charge in [0.2, 0.25) is 5.91 Å². The van der Waals surface area contributed by atoms with Gasteiger partial charge < -0.3 is 5.32 Å². The van der Waals surface area contributed by atoms with Crippen LogP contribution in [0.4, 0.5) is 0 Å². The van der Waals surface area contributed by atoms with Gasteiger partial charge in [-0.1, -0.05) is 23.7 Å². The third-order valence-electron chi connectivity index (χ3n) is 2.15. The highest BCUT2D eigenvalue weighted by atomic mass is 35.5. The van der Waals surface area contributed by atoms with E-state index in [1.807, 2.05) is 43.1 Å². The van der Waals surface area contributed by atoms with Crippen LogP contribution in [0.1, 0.15) is 12.5 Å². The van der Waals surface area contributed by atoms with Crippen LogP contribution in [0.2, 0.25) is 5.02 Å². The van der Waals surface area contributed by atoms with E-state index in [4.69, 9.17) is 11.6 Å². The fraction of sp³-hybridized carbons (Fsp3) is 0.417. The molecule has 1 aromatic rings. The summed E-state index contributed by atoms with van der Waals surface area (Å²) < 4.78 is 0. The summed E-state index contributed by atoms with van der Waals surface area (Å²) in [5.41, 5.74) is 1.15. The summed E-state index contributed by atoms with van der Waals surface area (Å²) in [5, 5.41) is 3.50. The Bertz CT molecular complexity index is 337. The third-order valence-corrected chi connectivity index (χ3v) is 2.41. The zero-order valence-corrected chi connectivity index (χ0v) is 10.4. The van der Waals surface area contributed by atoms with Crippen molar-refractivity contribution in [1.29, 1.82) is 0 Å². The number of hydrogen-bond donors (Lipinski definition) is 1. The Labute approximate surface area is 101 Å². The van der Waals surface area contributed by atoms with Crippen molar-refractivity contribution in [3.05, 3.63) is 34.9 Å². The van der Waals surface area contributed by atoms with Gasteiger partial charge in [0.1, 0.15) is 0 Å². The maximum absolute atomic E-state index is 11.3. The molecule has 0 atom stereocenters. The van der Waals surface area contributed by atoms with Crippen LogP contribution in [-0.4, -0.2) is 30.9 Å². The number of carbonyl (C=O) groups excluding carboxylic acids is 1. The van der Waals surface area contributed by atoms with E-state index in [9.17, 15) is 4.79 Å². The minimum Gasteiger partial charge on any atom is -0.355 e. The molecule has 0 heterocycles. The molecule has 0 saturated heterocycles. The Hall–Kier alpha value is -1.06. The normalized spacial score (nSPS) is 10.5. The maximum atomic E-state index is 11.3. The zero-order valence-electron chi connectivity index (χ0n) is 9.66. The van der Waals surface area contributed by atoms with Gasteiger partial charge in [0.15, 0.2) is 0 Å². The lowest BCUT2D eigenvalue weighted by Crippen LogP contribution is -2.34. The number of hydrogen-bond acceptors (Lipinski definition) is 2. The topological polar surface area (TPSA) is 32.3 Å². The van der Waals surface area contributed by atoms with Gasteiger partial charge in [-0.15, -0.1) is 0 Å². The quantitative estimate of drug-likeness (QED) is 0.853. The summed E-state index contributed by atoms with van der Waals surface area (Å²) in [5.74, 6) is 0.0546. The summed E-state index contributed by atoms with van der Waals surface area (Å²) >= 11 is 5.80. The molecule has 88 valence electrons. The van der Waals surface area contributed by atoms with Crippen molar-refractivity contribution in [2.75, 3.05) is 20.1 Å². The van der Waals surface area contributed by atoms with Gasteiger partial charge in [-0.25, -0.2) is 0 Å². The molecular weight excluding hydrogens is 224 g/mol. The molecule has 1 N–H and O–H groups in total. The lowest BCUT2D eigenvalue weighted by molar-refractivity contribution is -0.121. The van der Waals surface area contributed by atoms with Crippen molar-refractivity contribution in [2.24, 2.45) is 0 Å². The maximum Gasteiger partial charge on any atom is 0.234 e. The number of likely N-dealkylation sites (N-methyl/N-ethyl adjacent to an activating group) is 2. The van der Waals surface area contributed by atoms with E-state index >= 15 is 0 Å². The summed E-state index contributed by atoms with van der Waals surface area (Å²) in [6.45, 7) is 3.75. The van der Waals surface area contributed by atoms with E-state index < -0.39 is 0 Å². The molecule has 0 radical (unpaired) electrons. The number of benzene rings is 1. The van der Waals surface area contributed by atoms with Crippen molar-refractivity contribution in [1.82, 2.24) is 10.2 Å². The Morgan fingerprint density at radius 2 is 2.00 bits per heavy atom. The van der Waals surface area contributed by atoms with Crippen molar-refractivity contribution < 1.29 is 4.79 Å². The zero-order chi connectivity index (χ0) is 12.0. The number of amides is 1. The molecular formula is C12H17ClN2O. The van der Waals surface area contributed by atoms with Gasteiger partial charge in [-0.05, 0) is 31.7 Å². The molecule has 1 aromatic carbocycles. The van der Waals surface area contributed by atoms with Gasteiger partial charge in [0, 0.05) is 18.1 Å². The van der Waals surface area contributed by atoms with E-state index in [0.29, 0.717) is 13.1 Å². The van der Waals surface area contributed by atoms with E-state index in [0.717, 1.165) is 17.1 Å². The van der Waals surface area contributed by atoms with Crippen LogP contribution in [-0.2, 0) is 11.3 Å². The first kappa shape index (κ1) is 13.0. The Morgan fingerprint density at radius 1 is 1.38 bits per heavy atom. The van der Waals surface area contributed by atoms with Crippen LogP contribution < -0.4 is 5.32 Å². The summed E-state index contributed by atoms with van der Waals surface area (Å²) in [6, 6.07) is 7.65. The molecule has 4 heteroatoms. The Balaban J connectivity index is 2.42. The van der Waals surface area contributed by atoms with Crippen molar-refractivity contribution in [2.45, 2.75) is 13.5 Å². The van der Waals surface area contributed by atoms with Crippen LogP contribution in [0.3, 0.4) is 0 Å². The molecule has 0 aliphatic carbocycles. The monoisotopic (exact) mass is 240 g/mol. The predicted molar refractivity (Wildman–Crippen MR) is 66.5 cm³/mol. The number of nitrogens with zero attached hydrogens (tertiary/aromatic N) is 1. The lowest BCUT2D eigenvalue weighted by atomic mass is 10.2. The van der Waals surface area contributed by atoms with Gasteiger partial charge in [0.25, 0.3) is 0 Å². The number of carbonyl (C=O) groups is 1. The first-order valence-electron chi connectivity index (χ1n) is 5.31. The first-order valence-corrected chi connectivity index (χ1v) is 5.69. The molecule has 0 saturated carbocycles. The smallest absolute Gasteiger partial charge is 0.234 e. The van der Waals surface area contributed by atoms with Crippen molar-refractivity contribution in [3.63, 3.8) is 0 Å². The SMILES string of the molecule is CCNC(=O)CN(C)Cc1ccc(Cl)cc1.